The summed E-state index contributed by atoms with van der Waals surface area (Å²) in [6.45, 7) is 0.368. The van der Waals surface area contributed by atoms with Crippen LogP contribution in [-0.4, -0.2) is 15.3 Å². The molecule has 0 aliphatic carbocycles. The van der Waals surface area contributed by atoms with Gasteiger partial charge in [-0.05, 0) is 0 Å². The lowest BCUT2D eigenvalue weighted by Crippen LogP contribution is -2.31. The number of aromatic nitrogens is 2. The van der Waals surface area contributed by atoms with Gasteiger partial charge in [0.15, 0.2) is 0 Å². The van der Waals surface area contributed by atoms with Gasteiger partial charge in [0.05, 0.1) is 0 Å². The number of nitrogens with zero attached hydrogens (tertiary/aromatic N) is 2. The van der Waals surface area contributed by atoms with Gasteiger partial charge >= 0.3 is 5.69 Å². The lowest BCUT2D eigenvalue weighted by molar-refractivity contribution is 0.698. The Kier molecular flexibility index (Phi) is 2.93. The van der Waals surface area contributed by atoms with Crippen LogP contribution in [0.1, 0.15) is 5.56 Å². The molecule has 1 rings (SSSR count). The quantitative estimate of drug-likeness (QED) is 0.618. The Morgan fingerprint density at radius 1 is 1.62 bits per heavy atom. The topological polar surface area (TPSA) is 78.7 Å². The van der Waals surface area contributed by atoms with Gasteiger partial charge in [-0.1, -0.05) is 0 Å². The number of rotatable bonds is 2. The molecule has 0 amide bonds. The molecule has 68 valence electrons. The maximum Gasteiger partial charge on any atom is 0.328 e. The Hall–Kier alpha value is -1.48. The molecule has 0 atom stereocenters. The normalized spacial score (nSPS) is 9.54. The van der Waals surface area contributed by atoms with Crippen LogP contribution in [0.5, 0.6) is 0 Å². The number of hydrogen-bond donors (Lipinski definition) is 2. The molecule has 0 fully saturated rings. The van der Waals surface area contributed by atoms with E-state index in [1.54, 1.807) is 6.07 Å². The molecule has 0 aliphatic rings. The zero-order valence-electron chi connectivity index (χ0n) is 6.65. The molecule has 0 saturated heterocycles. The van der Waals surface area contributed by atoms with Crippen molar-refractivity contribution in [2.24, 2.45) is 0 Å². The smallest absolute Gasteiger partial charge is 0.298 e. The van der Waals surface area contributed by atoms with Gasteiger partial charge in [-0.2, -0.15) is 17.9 Å². The fourth-order valence-corrected chi connectivity index (χ4v) is 1.08. The molecule has 1 aromatic heterocycles. The number of nitriles is 1. The van der Waals surface area contributed by atoms with E-state index < -0.39 is 11.2 Å². The van der Waals surface area contributed by atoms with Crippen molar-refractivity contribution in [3.05, 3.63) is 32.6 Å². The summed E-state index contributed by atoms with van der Waals surface area (Å²) in [6, 6.07) is 1.69. The van der Waals surface area contributed by atoms with Crippen LogP contribution in [0.25, 0.3) is 0 Å². The van der Waals surface area contributed by atoms with Gasteiger partial charge in [0, 0.05) is 18.5 Å². The number of aryl methyl sites for hydroxylation is 1. The summed E-state index contributed by atoms with van der Waals surface area (Å²) in [5, 5.41) is 8.50. The fraction of sp³-hybridized carbons (Fsp3) is 0.286. The van der Waals surface area contributed by atoms with Crippen LogP contribution >= 0.6 is 12.6 Å². The Morgan fingerprint density at radius 3 is 2.85 bits per heavy atom. The monoisotopic (exact) mass is 197 g/mol. The minimum atomic E-state index is -0.650. The lowest BCUT2D eigenvalue weighted by atomic mass is 10.4. The zero-order chi connectivity index (χ0) is 9.84. The molecule has 0 radical (unpaired) electrons. The molecular formula is C7H7N3O2S. The number of H-pyrrole nitrogens is 1. The molecule has 1 aromatic rings. The molecule has 0 unspecified atom stereocenters. The van der Waals surface area contributed by atoms with Crippen molar-refractivity contribution in [1.29, 1.82) is 5.26 Å². The van der Waals surface area contributed by atoms with E-state index in [1.807, 2.05) is 4.98 Å². The van der Waals surface area contributed by atoms with Crippen LogP contribution in [0, 0.1) is 11.3 Å². The summed E-state index contributed by atoms with van der Waals surface area (Å²) in [5.74, 6) is 0.469. The molecule has 1 heterocycles. The molecule has 0 aliphatic heterocycles. The summed E-state index contributed by atoms with van der Waals surface area (Å²) in [5.41, 5.74) is -1.23. The second kappa shape index (κ2) is 3.96. The molecule has 0 aromatic carbocycles. The van der Waals surface area contributed by atoms with Crippen molar-refractivity contribution in [1.82, 2.24) is 9.55 Å². The average molecular weight is 197 g/mol. The van der Waals surface area contributed by atoms with E-state index in [4.69, 9.17) is 5.26 Å². The standard InChI is InChI=1S/C7H7N3O2S/c8-3-5-4-10(1-2-13)7(12)9-6(5)11/h4,13H,1-2H2,(H,9,11,12). The van der Waals surface area contributed by atoms with E-state index >= 15 is 0 Å². The third kappa shape index (κ3) is 2.00. The van der Waals surface area contributed by atoms with E-state index in [9.17, 15) is 9.59 Å². The van der Waals surface area contributed by atoms with Crippen LogP contribution in [0.3, 0.4) is 0 Å². The van der Waals surface area contributed by atoms with Gasteiger partial charge in [0.2, 0.25) is 0 Å². The molecule has 0 bridgehead atoms. The van der Waals surface area contributed by atoms with Gasteiger partial charge < -0.3 is 0 Å². The first-order valence-corrected chi connectivity index (χ1v) is 4.17. The van der Waals surface area contributed by atoms with E-state index in [-0.39, 0.29) is 5.56 Å². The number of hydrogen-bond acceptors (Lipinski definition) is 4. The first kappa shape index (κ1) is 9.61. The molecule has 6 heteroatoms. The van der Waals surface area contributed by atoms with Crippen LogP contribution in [-0.2, 0) is 6.54 Å². The maximum atomic E-state index is 11.1. The van der Waals surface area contributed by atoms with Crippen molar-refractivity contribution in [3.8, 4) is 6.07 Å². The summed E-state index contributed by atoms with van der Waals surface area (Å²) < 4.78 is 1.24. The third-order valence-corrected chi connectivity index (χ3v) is 1.67. The Morgan fingerprint density at radius 2 is 2.31 bits per heavy atom. The first-order valence-electron chi connectivity index (χ1n) is 3.53. The zero-order valence-corrected chi connectivity index (χ0v) is 7.54. The van der Waals surface area contributed by atoms with Gasteiger partial charge in [-0.15, -0.1) is 0 Å². The molecule has 1 N–H and O–H groups in total. The summed E-state index contributed by atoms with van der Waals surface area (Å²) in [4.78, 5) is 24.0. The van der Waals surface area contributed by atoms with Crippen LogP contribution in [0.2, 0.25) is 0 Å². The highest BCUT2D eigenvalue weighted by molar-refractivity contribution is 7.80. The fourth-order valence-electron chi connectivity index (χ4n) is 0.863. The van der Waals surface area contributed by atoms with Gasteiger partial charge in [0.25, 0.3) is 5.56 Å². The number of thiol groups is 1. The molecular weight excluding hydrogens is 190 g/mol. The summed E-state index contributed by atoms with van der Waals surface area (Å²) in [6.07, 6.45) is 1.23. The highest BCUT2D eigenvalue weighted by atomic mass is 32.1. The maximum absolute atomic E-state index is 11.1. The Balaban J connectivity index is 3.33. The SMILES string of the molecule is N#Cc1cn(CCS)c(=O)[nH]c1=O. The Labute approximate surface area is 79.0 Å². The van der Waals surface area contributed by atoms with Crippen molar-refractivity contribution >= 4 is 12.6 Å². The van der Waals surface area contributed by atoms with E-state index in [1.165, 1.54) is 10.8 Å². The van der Waals surface area contributed by atoms with Crippen molar-refractivity contribution in [2.75, 3.05) is 5.75 Å². The lowest BCUT2D eigenvalue weighted by Gasteiger charge is -2.00. The van der Waals surface area contributed by atoms with Gasteiger partial charge in [0.1, 0.15) is 11.6 Å². The van der Waals surface area contributed by atoms with E-state index in [0.717, 1.165) is 0 Å². The van der Waals surface area contributed by atoms with Crippen molar-refractivity contribution < 1.29 is 0 Å². The van der Waals surface area contributed by atoms with E-state index in [0.29, 0.717) is 12.3 Å². The van der Waals surface area contributed by atoms with Crippen LogP contribution in [0.4, 0.5) is 0 Å². The van der Waals surface area contributed by atoms with Crippen LogP contribution < -0.4 is 11.2 Å². The minimum Gasteiger partial charge on any atom is -0.298 e. The molecule has 13 heavy (non-hydrogen) atoms. The number of aromatic amines is 1. The van der Waals surface area contributed by atoms with Crippen molar-refractivity contribution in [3.63, 3.8) is 0 Å². The predicted molar refractivity (Wildman–Crippen MR) is 49.9 cm³/mol. The third-order valence-electron chi connectivity index (χ3n) is 1.47. The minimum absolute atomic E-state index is 0.0682. The number of nitrogens with one attached hydrogen (secondary N) is 1. The van der Waals surface area contributed by atoms with Crippen LogP contribution in [0.15, 0.2) is 15.8 Å². The highest BCUT2D eigenvalue weighted by Crippen LogP contribution is 1.85. The molecule has 0 spiro atoms. The predicted octanol–water partition coefficient (Wildman–Crippen LogP) is -0.662. The largest absolute Gasteiger partial charge is 0.328 e. The second-order valence-corrected chi connectivity index (χ2v) is 2.78. The molecule has 5 nitrogen and oxygen atoms in total. The van der Waals surface area contributed by atoms with E-state index in [2.05, 4.69) is 12.6 Å². The summed E-state index contributed by atoms with van der Waals surface area (Å²) in [7, 11) is 0. The highest BCUT2D eigenvalue weighted by Gasteiger charge is 2.01. The van der Waals surface area contributed by atoms with Gasteiger partial charge in [-0.3, -0.25) is 14.3 Å². The van der Waals surface area contributed by atoms with Crippen molar-refractivity contribution in [2.45, 2.75) is 6.54 Å². The molecule has 0 saturated carbocycles. The second-order valence-electron chi connectivity index (χ2n) is 2.33. The summed E-state index contributed by atoms with van der Waals surface area (Å²) >= 11 is 3.93. The average Bonchev–Trinajstić information content (AvgIpc) is 2.10. The van der Waals surface area contributed by atoms with Gasteiger partial charge in [-0.25, -0.2) is 4.79 Å². The first-order chi connectivity index (χ1) is 6.19. The Bertz CT molecular complexity index is 454.